The van der Waals surface area contributed by atoms with Crippen LogP contribution in [-0.4, -0.2) is 71.9 Å². The van der Waals surface area contributed by atoms with Crippen LogP contribution < -0.4 is 4.90 Å². The van der Waals surface area contributed by atoms with Gasteiger partial charge >= 0.3 is 0 Å². The van der Waals surface area contributed by atoms with Gasteiger partial charge in [0.2, 0.25) is 5.95 Å². The quantitative estimate of drug-likeness (QED) is 0.746. The summed E-state index contributed by atoms with van der Waals surface area (Å²) < 4.78 is 7.77. The lowest BCUT2D eigenvalue weighted by molar-refractivity contribution is -0.0158. The summed E-state index contributed by atoms with van der Waals surface area (Å²) in [6.45, 7) is 10.5. The lowest BCUT2D eigenvalue weighted by atomic mass is 10.3. The summed E-state index contributed by atoms with van der Waals surface area (Å²) in [6, 6.07) is 0.364. The molecule has 1 aliphatic rings. The summed E-state index contributed by atoms with van der Waals surface area (Å²) in [7, 11) is 4.01. The zero-order chi connectivity index (χ0) is 15.4. The Morgan fingerprint density at radius 1 is 1.38 bits per heavy atom. The van der Waals surface area contributed by atoms with Gasteiger partial charge in [-0.05, 0) is 20.8 Å². The van der Waals surface area contributed by atoms with Gasteiger partial charge in [0.25, 0.3) is 0 Å². The molecule has 0 spiro atoms. The van der Waals surface area contributed by atoms with Crippen LogP contribution in [0.4, 0.5) is 5.95 Å². The molecule has 0 N–H and O–H groups in total. The van der Waals surface area contributed by atoms with Gasteiger partial charge in [-0.1, -0.05) is 11.8 Å². The molecule has 2 rings (SSSR count). The van der Waals surface area contributed by atoms with Gasteiger partial charge in [0.05, 0.1) is 12.7 Å². The van der Waals surface area contributed by atoms with E-state index in [1.165, 1.54) is 0 Å². The average Bonchev–Trinajstić information content (AvgIpc) is 2.83. The van der Waals surface area contributed by atoms with Gasteiger partial charge in [0, 0.05) is 45.5 Å². The van der Waals surface area contributed by atoms with Gasteiger partial charge in [-0.25, -0.2) is 0 Å². The van der Waals surface area contributed by atoms with Crippen molar-refractivity contribution in [2.45, 2.75) is 38.1 Å². The largest absolute Gasteiger partial charge is 0.376 e. The Balaban J connectivity index is 1.91. The van der Waals surface area contributed by atoms with Crippen LogP contribution >= 0.6 is 11.8 Å². The first-order chi connectivity index (χ1) is 9.99. The minimum Gasteiger partial charge on any atom is -0.376 e. The number of ether oxygens (including phenoxy) is 1. The molecule has 0 radical (unpaired) electrons. The zero-order valence-corrected chi connectivity index (χ0v) is 14.6. The summed E-state index contributed by atoms with van der Waals surface area (Å²) in [5.41, 5.74) is 0. The van der Waals surface area contributed by atoms with Crippen LogP contribution in [0.2, 0.25) is 0 Å². The van der Waals surface area contributed by atoms with E-state index >= 15 is 0 Å². The molecule has 0 aliphatic carbocycles. The van der Waals surface area contributed by atoms with E-state index in [2.05, 4.69) is 40.4 Å². The van der Waals surface area contributed by atoms with Crippen molar-refractivity contribution < 1.29 is 4.74 Å². The molecule has 1 aliphatic heterocycles. The summed E-state index contributed by atoms with van der Waals surface area (Å²) >= 11 is 1.79. The molecule has 0 unspecified atom stereocenters. The minimum absolute atomic E-state index is 0.350. The van der Waals surface area contributed by atoms with Gasteiger partial charge in [-0.2, -0.15) is 0 Å². The molecule has 21 heavy (non-hydrogen) atoms. The monoisotopic (exact) mass is 313 g/mol. The van der Waals surface area contributed by atoms with E-state index in [0.29, 0.717) is 12.1 Å². The topological polar surface area (TPSA) is 46.4 Å². The third-order valence-corrected chi connectivity index (χ3v) is 4.45. The Hall–Kier alpha value is -0.790. The Morgan fingerprint density at radius 2 is 2.14 bits per heavy atom. The Bertz CT molecular complexity index is 449. The van der Waals surface area contributed by atoms with Gasteiger partial charge in [0.1, 0.15) is 0 Å². The minimum atomic E-state index is 0.350. The highest BCUT2D eigenvalue weighted by Gasteiger charge is 2.19. The Labute approximate surface area is 131 Å². The number of morpholine rings is 1. The molecule has 1 atom stereocenters. The molecule has 1 saturated heterocycles. The van der Waals surface area contributed by atoms with Gasteiger partial charge in [-0.3, -0.25) is 9.47 Å². The molecule has 6 nitrogen and oxygen atoms in total. The average molecular weight is 313 g/mol. The summed E-state index contributed by atoms with van der Waals surface area (Å²) in [4.78, 5) is 4.48. The second-order valence-corrected chi connectivity index (χ2v) is 7.03. The summed E-state index contributed by atoms with van der Waals surface area (Å²) in [6.07, 6.45) is 0.350. The lowest BCUT2D eigenvalue weighted by Crippen LogP contribution is -2.42. The van der Waals surface area contributed by atoms with Crippen molar-refractivity contribution in [3.05, 3.63) is 0 Å². The summed E-state index contributed by atoms with van der Waals surface area (Å²) in [5, 5.41) is 9.66. The van der Waals surface area contributed by atoms with Crippen LogP contribution in [0.5, 0.6) is 0 Å². The molecule has 0 saturated carbocycles. The lowest BCUT2D eigenvalue weighted by Gasteiger charge is -2.30. The Kier molecular flexibility index (Phi) is 5.89. The molecular formula is C14H27N5OS. The van der Waals surface area contributed by atoms with Gasteiger partial charge < -0.3 is 9.64 Å². The number of thioether (sulfide) groups is 1. The van der Waals surface area contributed by atoms with Crippen LogP contribution in [-0.2, 0) is 4.74 Å². The second kappa shape index (κ2) is 7.47. The molecule has 0 bridgehead atoms. The fraction of sp³-hybridized carbons (Fsp3) is 0.857. The first kappa shape index (κ1) is 16.6. The molecular weight excluding hydrogens is 286 g/mol. The van der Waals surface area contributed by atoms with E-state index in [1.54, 1.807) is 11.8 Å². The van der Waals surface area contributed by atoms with Crippen molar-refractivity contribution in [2.75, 3.05) is 51.0 Å². The van der Waals surface area contributed by atoms with E-state index in [9.17, 15) is 0 Å². The third-order valence-electron chi connectivity index (χ3n) is 3.53. The Morgan fingerprint density at radius 3 is 2.76 bits per heavy atom. The molecule has 0 amide bonds. The fourth-order valence-electron chi connectivity index (χ4n) is 2.48. The molecule has 2 heterocycles. The van der Waals surface area contributed by atoms with Gasteiger partial charge in [0.15, 0.2) is 5.16 Å². The summed E-state index contributed by atoms with van der Waals surface area (Å²) in [5.74, 6) is 1.96. The highest BCUT2D eigenvalue weighted by Crippen LogP contribution is 2.25. The number of hydrogen-bond acceptors (Lipinski definition) is 6. The van der Waals surface area contributed by atoms with Crippen molar-refractivity contribution in [3.8, 4) is 0 Å². The second-order valence-electron chi connectivity index (χ2n) is 5.97. The maximum Gasteiger partial charge on any atom is 0.227 e. The highest BCUT2D eigenvalue weighted by molar-refractivity contribution is 7.99. The number of anilines is 1. The molecule has 1 aromatic heterocycles. The first-order valence-electron chi connectivity index (χ1n) is 7.58. The van der Waals surface area contributed by atoms with E-state index in [1.807, 2.05) is 19.0 Å². The first-order valence-corrected chi connectivity index (χ1v) is 8.56. The maximum absolute atomic E-state index is 5.57. The number of hydrogen-bond donors (Lipinski definition) is 0. The third kappa shape index (κ3) is 4.34. The molecule has 7 heteroatoms. The predicted molar refractivity (Wildman–Crippen MR) is 87.3 cm³/mol. The van der Waals surface area contributed by atoms with Crippen LogP contribution in [0.25, 0.3) is 0 Å². The molecule has 0 aromatic carbocycles. The van der Waals surface area contributed by atoms with Crippen molar-refractivity contribution >= 4 is 17.7 Å². The zero-order valence-electron chi connectivity index (χ0n) is 13.7. The smallest absolute Gasteiger partial charge is 0.227 e. The molecule has 1 fully saturated rings. The van der Waals surface area contributed by atoms with Crippen molar-refractivity contribution in [1.82, 2.24) is 19.7 Å². The maximum atomic E-state index is 5.57. The SMILES string of the molecule is CC(C)n1c(SCCN2CCO[C@@H](C)C2)nnc1N(C)C. The van der Waals surface area contributed by atoms with Crippen molar-refractivity contribution in [3.63, 3.8) is 0 Å². The van der Waals surface area contributed by atoms with Crippen LogP contribution in [0.1, 0.15) is 26.8 Å². The normalized spacial score (nSPS) is 20.2. The van der Waals surface area contributed by atoms with Crippen LogP contribution in [0, 0.1) is 0 Å². The van der Waals surface area contributed by atoms with Crippen LogP contribution in [0.15, 0.2) is 5.16 Å². The highest BCUT2D eigenvalue weighted by atomic mass is 32.2. The number of aromatic nitrogens is 3. The van der Waals surface area contributed by atoms with Crippen molar-refractivity contribution in [2.24, 2.45) is 0 Å². The van der Waals surface area contributed by atoms with Crippen LogP contribution in [0.3, 0.4) is 0 Å². The number of rotatable bonds is 6. The molecule has 120 valence electrons. The predicted octanol–water partition coefficient (Wildman–Crippen LogP) is 1.74. The van der Waals surface area contributed by atoms with Crippen molar-refractivity contribution in [1.29, 1.82) is 0 Å². The standard InChI is InChI=1S/C14H27N5OS/c1-11(2)19-13(17(4)5)15-16-14(19)21-9-7-18-6-8-20-12(3)10-18/h11-12H,6-10H2,1-5H3/t12-/m0/s1. The van der Waals surface area contributed by atoms with E-state index in [0.717, 1.165) is 43.1 Å². The van der Waals surface area contributed by atoms with E-state index < -0.39 is 0 Å². The van der Waals surface area contributed by atoms with Gasteiger partial charge in [-0.15, -0.1) is 10.2 Å². The van der Waals surface area contributed by atoms with E-state index in [4.69, 9.17) is 4.74 Å². The number of nitrogens with zero attached hydrogens (tertiary/aromatic N) is 5. The molecule has 1 aromatic rings. The van der Waals surface area contributed by atoms with E-state index in [-0.39, 0.29) is 0 Å². The fourth-order valence-corrected chi connectivity index (χ4v) is 3.55.